The molecule has 0 unspecified atom stereocenters. The van der Waals surface area contributed by atoms with E-state index in [2.05, 4.69) is 23.3 Å². The molecule has 0 aromatic carbocycles. The number of thioether (sulfide) groups is 2. The van der Waals surface area contributed by atoms with Crippen LogP contribution in [0.25, 0.3) is 0 Å². The lowest BCUT2D eigenvalue weighted by Gasteiger charge is -2.21. The first-order chi connectivity index (χ1) is 5.93. The maximum atomic E-state index is 3.53. The second kappa shape index (κ2) is 7.10. The van der Waals surface area contributed by atoms with E-state index in [9.17, 15) is 0 Å². The molecule has 1 aliphatic heterocycles. The Labute approximate surface area is 84.4 Å². The predicted molar refractivity (Wildman–Crippen MR) is 61.3 cm³/mol. The normalized spacial score (nSPS) is 19.8. The Hall–Kier alpha value is 0.660. The summed E-state index contributed by atoms with van der Waals surface area (Å²) in [5.41, 5.74) is 0. The molecule has 1 rings (SSSR count). The highest BCUT2D eigenvalue weighted by atomic mass is 32.2. The van der Waals surface area contributed by atoms with Gasteiger partial charge in [0, 0.05) is 12.3 Å². The van der Waals surface area contributed by atoms with E-state index in [1.54, 1.807) is 0 Å². The molecule has 1 heterocycles. The zero-order valence-electron chi connectivity index (χ0n) is 7.84. The third kappa shape index (κ3) is 4.63. The first-order valence-electron chi connectivity index (χ1n) is 4.71. The Morgan fingerprint density at radius 3 is 2.83 bits per heavy atom. The van der Waals surface area contributed by atoms with E-state index in [0.29, 0.717) is 0 Å². The maximum absolute atomic E-state index is 3.53. The predicted octanol–water partition coefficient (Wildman–Crippen LogP) is 2.08. The minimum atomic E-state index is 0.966. The topological polar surface area (TPSA) is 12.0 Å². The minimum Gasteiger partial charge on any atom is -0.316 e. The molecule has 1 saturated heterocycles. The van der Waals surface area contributed by atoms with Crippen LogP contribution in [0.3, 0.4) is 0 Å². The monoisotopic (exact) mass is 205 g/mol. The van der Waals surface area contributed by atoms with Crippen LogP contribution in [0.4, 0.5) is 0 Å². The molecule has 1 nitrogen and oxygen atoms in total. The van der Waals surface area contributed by atoms with Crippen molar-refractivity contribution in [3.05, 3.63) is 0 Å². The van der Waals surface area contributed by atoms with Gasteiger partial charge >= 0.3 is 0 Å². The van der Waals surface area contributed by atoms with Gasteiger partial charge < -0.3 is 5.32 Å². The molecule has 0 aliphatic carbocycles. The molecule has 3 heteroatoms. The fourth-order valence-electron chi connectivity index (χ4n) is 1.43. The van der Waals surface area contributed by atoms with Crippen LogP contribution in [0, 0.1) is 5.92 Å². The van der Waals surface area contributed by atoms with Crippen LogP contribution in [0.5, 0.6) is 0 Å². The summed E-state index contributed by atoms with van der Waals surface area (Å²) in [4.78, 5) is 0. The van der Waals surface area contributed by atoms with E-state index < -0.39 is 0 Å². The van der Waals surface area contributed by atoms with Crippen LogP contribution in [-0.4, -0.2) is 36.6 Å². The summed E-state index contributed by atoms with van der Waals surface area (Å²) >= 11 is 4.03. The van der Waals surface area contributed by atoms with Gasteiger partial charge in [0.2, 0.25) is 0 Å². The van der Waals surface area contributed by atoms with Crippen molar-refractivity contribution in [2.45, 2.75) is 12.8 Å². The first kappa shape index (κ1) is 10.7. The average Bonchev–Trinajstić information content (AvgIpc) is 2.14. The zero-order chi connectivity index (χ0) is 8.65. The first-order valence-corrected chi connectivity index (χ1v) is 7.25. The van der Waals surface area contributed by atoms with Crippen LogP contribution < -0.4 is 5.32 Å². The third-order valence-corrected chi connectivity index (χ3v) is 3.92. The Bertz CT molecular complexity index is 103. The highest BCUT2D eigenvalue weighted by Crippen LogP contribution is 2.21. The fourth-order valence-corrected chi connectivity index (χ4v) is 2.98. The van der Waals surface area contributed by atoms with Crippen molar-refractivity contribution in [3.63, 3.8) is 0 Å². The van der Waals surface area contributed by atoms with Crippen molar-refractivity contribution in [1.82, 2.24) is 5.32 Å². The van der Waals surface area contributed by atoms with Crippen molar-refractivity contribution in [3.8, 4) is 0 Å². The molecule has 0 aromatic rings. The molecule has 1 fully saturated rings. The number of nitrogens with one attached hydrogen (secondary N) is 1. The van der Waals surface area contributed by atoms with Gasteiger partial charge in [0.25, 0.3) is 0 Å². The molecule has 12 heavy (non-hydrogen) atoms. The summed E-state index contributed by atoms with van der Waals surface area (Å²) in [5.74, 6) is 4.98. The van der Waals surface area contributed by atoms with Gasteiger partial charge in [0.15, 0.2) is 0 Å². The van der Waals surface area contributed by atoms with Crippen LogP contribution in [0.15, 0.2) is 0 Å². The Kier molecular flexibility index (Phi) is 6.35. The van der Waals surface area contributed by atoms with E-state index in [-0.39, 0.29) is 0 Å². The van der Waals surface area contributed by atoms with Crippen LogP contribution in [0.1, 0.15) is 12.8 Å². The minimum absolute atomic E-state index is 0.966. The van der Waals surface area contributed by atoms with Gasteiger partial charge in [-0.3, -0.25) is 0 Å². The standard InChI is InChI=1S/C9H19NS2/c1-11-7-4-10-8-9-2-5-12-6-3-9/h9-10H,2-8H2,1H3. The van der Waals surface area contributed by atoms with E-state index in [1.807, 2.05) is 11.8 Å². The molecule has 0 spiro atoms. The Balaban J connectivity index is 1.91. The van der Waals surface area contributed by atoms with Gasteiger partial charge in [0.1, 0.15) is 0 Å². The van der Waals surface area contributed by atoms with Crippen LogP contribution >= 0.6 is 23.5 Å². The Morgan fingerprint density at radius 2 is 2.17 bits per heavy atom. The summed E-state index contributed by atoms with van der Waals surface area (Å²) in [6.45, 7) is 2.44. The van der Waals surface area contributed by atoms with Gasteiger partial charge in [-0.05, 0) is 43.1 Å². The third-order valence-electron chi connectivity index (χ3n) is 2.26. The van der Waals surface area contributed by atoms with E-state index >= 15 is 0 Å². The second-order valence-corrected chi connectivity index (χ2v) is 5.46. The average molecular weight is 205 g/mol. The lowest BCUT2D eigenvalue weighted by molar-refractivity contribution is 0.455. The SMILES string of the molecule is CSCCNCC1CCSCC1. The van der Waals surface area contributed by atoms with Gasteiger partial charge in [-0.2, -0.15) is 23.5 Å². The highest BCUT2D eigenvalue weighted by Gasteiger charge is 2.12. The van der Waals surface area contributed by atoms with Crippen molar-refractivity contribution in [2.75, 3.05) is 36.6 Å². The lowest BCUT2D eigenvalue weighted by atomic mass is 10.0. The Morgan fingerprint density at radius 1 is 1.42 bits per heavy atom. The summed E-state index contributed by atoms with van der Waals surface area (Å²) < 4.78 is 0. The van der Waals surface area contributed by atoms with Crippen LogP contribution in [-0.2, 0) is 0 Å². The maximum Gasteiger partial charge on any atom is 0.00553 e. The quantitative estimate of drug-likeness (QED) is 0.690. The van der Waals surface area contributed by atoms with Crippen molar-refractivity contribution in [1.29, 1.82) is 0 Å². The molecule has 1 N–H and O–H groups in total. The summed E-state index contributed by atoms with van der Waals surface area (Å²) in [5, 5.41) is 3.53. The largest absolute Gasteiger partial charge is 0.316 e. The molecule has 0 amide bonds. The van der Waals surface area contributed by atoms with Crippen molar-refractivity contribution < 1.29 is 0 Å². The highest BCUT2D eigenvalue weighted by molar-refractivity contribution is 7.99. The number of hydrogen-bond acceptors (Lipinski definition) is 3. The molecule has 0 saturated carbocycles. The van der Waals surface area contributed by atoms with E-state index in [1.165, 1.54) is 43.2 Å². The molecule has 72 valence electrons. The summed E-state index contributed by atoms with van der Waals surface area (Å²) in [6.07, 6.45) is 5.02. The van der Waals surface area contributed by atoms with E-state index in [0.717, 1.165) is 5.92 Å². The number of rotatable bonds is 5. The molecule has 0 bridgehead atoms. The molecule has 1 aliphatic rings. The summed E-state index contributed by atoms with van der Waals surface area (Å²) in [7, 11) is 0. The molecule has 0 aromatic heterocycles. The van der Waals surface area contributed by atoms with Gasteiger partial charge in [-0.25, -0.2) is 0 Å². The molecular formula is C9H19NS2. The molecule has 0 atom stereocenters. The van der Waals surface area contributed by atoms with Gasteiger partial charge in [-0.15, -0.1) is 0 Å². The van der Waals surface area contributed by atoms with Crippen LogP contribution in [0.2, 0.25) is 0 Å². The smallest absolute Gasteiger partial charge is 0.00553 e. The van der Waals surface area contributed by atoms with Gasteiger partial charge in [0.05, 0.1) is 0 Å². The second-order valence-electron chi connectivity index (χ2n) is 3.25. The summed E-state index contributed by atoms with van der Waals surface area (Å²) in [6, 6.07) is 0. The van der Waals surface area contributed by atoms with Gasteiger partial charge in [-0.1, -0.05) is 0 Å². The van der Waals surface area contributed by atoms with E-state index in [4.69, 9.17) is 0 Å². The van der Waals surface area contributed by atoms with Crippen molar-refractivity contribution >= 4 is 23.5 Å². The fraction of sp³-hybridized carbons (Fsp3) is 1.00. The molecule has 0 radical (unpaired) electrons. The zero-order valence-corrected chi connectivity index (χ0v) is 9.48. The molecular weight excluding hydrogens is 186 g/mol. The van der Waals surface area contributed by atoms with Crippen molar-refractivity contribution in [2.24, 2.45) is 5.92 Å². The lowest BCUT2D eigenvalue weighted by Crippen LogP contribution is -2.27. The number of hydrogen-bond donors (Lipinski definition) is 1.